The first-order valence-electron chi connectivity index (χ1n) is 5.92. The number of hydrogen-bond acceptors (Lipinski definition) is 3. The lowest BCUT2D eigenvalue weighted by molar-refractivity contribution is -0.158. The summed E-state index contributed by atoms with van der Waals surface area (Å²) in [5, 5.41) is 9.40. The summed E-state index contributed by atoms with van der Waals surface area (Å²) in [6, 6.07) is 0.296. The normalized spacial score (nSPS) is 31.0. The maximum absolute atomic E-state index is 11.4. The van der Waals surface area contributed by atoms with Crippen LogP contribution in [0.15, 0.2) is 0 Å². The zero-order valence-electron chi connectivity index (χ0n) is 10.7. The molecule has 0 aromatic heterocycles. The molecule has 94 valence electrons. The van der Waals surface area contributed by atoms with Gasteiger partial charge in [0, 0.05) is 13.2 Å². The molecule has 0 bridgehead atoms. The molecule has 0 aromatic rings. The number of hydrogen-bond donors (Lipinski definition) is 1. The topological polar surface area (TPSA) is 49.8 Å². The predicted octanol–water partition coefficient (Wildman–Crippen LogP) is 1.60. The summed E-state index contributed by atoms with van der Waals surface area (Å²) in [4.78, 5) is 13.5. The average molecular weight is 229 g/mol. The Labute approximate surface area is 97.6 Å². The second-order valence-electron chi connectivity index (χ2n) is 5.07. The fraction of sp³-hybridized carbons (Fsp3) is 0.917. The molecule has 3 atom stereocenters. The maximum Gasteiger partial charge on any atom is 0.326 e. The van der Waals surface area contributed by atoms with Crippen LogP contribution in [0.4, 0.5) is 0 Å². The van der Waals surface area contributed by atoms with Crippen molar-refractivity contribution in [3.8, 4) is 0 Å². The van der Waals surface area contributed by atoms with Crippen molar-refractivity contribution in [3.05, 3.63) is 0 Å². The minimum absolute atomic E-state index is 0.236. The van der Waals surface area contributed by atoms with E-state index in [1.165, 1.54) is 6.42 Å². The molecule has 0 amide bonds. The van der Waals surface area contributed by atoms with Crippen LogP contribution in [0, 0.1) is 5.92 Å². The number of carbonyl (C=O) groups is 1. The third kappa shape index (κ3) is 2.38. The van der Waals surface area contributed by atoms with Gasteiger partial charge in [0.25, 0.3) is 0 Å². The summed E-state index contributed by atoms with van der Waals surface area (Å²) in [7, 11) is 1.55. The van der Waals surface area contributed by atoms with Gasteiger partial charge in [-0.25, -0.2) is 0 Å². The molecule has 0 aliphatic carbocycles. The number of methoxy groups -OCH3 is 1. The van der Waals surface area contributed by atoms with E-state index in [1.54, 1.807) is 14.0 Å². The van der Waals surface area contributed by atoms with Gasteiger partial charge in [0.1, 0.15) is 5.54 Å². The Kier molecular flexibility index (Phi) is 4.33. The number of ether oxygens (including phenoxy) is 1. The van der Waals surface area contributed by atoms with Gasteiger partial charge < -0.3 is 9.84 Å². The molecule has 3 unspecified atom stereocenters. The molecule has 1 rings (SSSR count). The second-order valence-corrected chi connectivity index (χ2v) is 5.07. The van der Waals surface area contributed by atoms with E-state index in [4.69, 9.17) is 4.74 Å². The lowest BCUT2D eigenvalue weighted by Crippen LogP contribution is -2.61. The Bertz CT molecular complexity index is 257. The highest BCUT2D eigenvalue weighted by atomic mass is 16.5. The van der Waals surface area contributed by atoms with Gasteiger partial charge >= 0.3 is 5.97 Å². The van der Waals surface area contributed by atoms with E-state index in [0.29, 0.717) is 12.0 Å². The van der Waals surface area contributed by atoms with E-state index in [1.807, 2.05) is 0 Å². The summed E-state index contributed by atoms with van der Waals surface area (Å²) in [6.07, 6.45) is 2.25. The van der Waals surface area contributed by atoms with Crippen molar-refractivity contribution in [2.75, 3.05) is 20.3 Å². The molecule has 1 aliphatic rings. The Morgan fingerprint density at radius 2 is 2.19 bits per heavy atom. The average Bonchev–Trinajstić information content (AvgIpc) is 2.22. The third-order valence-corrected chi connectivity index (χ3v) is 3.89. The van der Waals surface area contributed by atoms with Crippen LogP contribution in [-0.4, -0.2) is 47.8 Å². The van der Waals surface area contributed by atoms with Crippen molar-refractivity contribution in [1.29, 1.82) is 0 Å². The molecule has 1 heterocycles. The van der Waals surface area contributed by atoms with Crippen LogP contribution >= 0.6 is 0 Å². The van der Waals surface area contributed by atoms with Crippen molar-refractivity contribution in [3.63, 3.8) is 0 Å². The molecule has 1 saturated heterocycles. The van der Waals surface area contributed by atoms with Gasteiger partial charge in [-0.2, -0.15) is 0 Å². The van der Waals surface area contributed by atoms with Crippen molar-refractivity contribution in [2.24, 2.45) is 5.92 Å². The van der Waals surface area contributed by atoms with E-state index in [0.717, 1.165) is 13.0 Å². The van der Waals surface area contributed by atoms with Crippen LogP contribution in [0.25, 0.3) is 0 Å². The Hall–Kier alpha value is -0.610. The van der Waals surface area contributed by atoms with Gasteiger partial charge in [-0.05, 0) is 39.2 Å². The van der Waals surface area contributed by atoms with Crippen LogP contribution in [0.3, 0.4) is 0 Å². The number of likely N-dealkylation sites (tertiary alicyclic amines) is 1. The summed E-state index contributed by atoms with van der Waals surface area (Å²) in [5.74, 6) is -0.250. The summed E-state index contributed by atoms with van der Waals surface area (Å²) in [6.45, 7) is 7.14. The molecular formula is C12H23NO3. The first kappa shape index (κ1) is 13.5. The minimum atomic E-state index is -0.900. The maximum atomic E-state index is 11.4. The molecule has 1 aliphatic heterocycles. The number of nitrogens with zero attached hydrogens (tertiary/aromatic N) is 1. The number of aliphatic carboxylic acids is 1. The van der Waals surface area contributed by atoms with Gasteiger partial charge in [0.05, 0.1) is 6.61 Å². The third-order valence-electron chi connectivity index (χ3n) is 3.89. The Morgan fingerprint density at radius 3 is 2.69 bits per heavy atom. The fourth-order valence-electron chi connectivity index (χ4n) is 2.58. The van der Waals surface area contributed by atoms with E-state index in [-0.39, 0.29) is 6.61 Å². The standard InChI is InChI=1S/C12H23NO3/c1-9-6-5-7-13(10(9)2)12(3,8-16-4)11(14)15/h9-10H,5-8H2,1-4H3,(H,14,15). The van der Waals surface area contributed by atoms with Crippen LogP contribution in [0.1, 0.15) is 33.6 Å². The van der Waals surface area contributed by atoms with Gasteiger partial charge in [-0.1, -0.05) is 6.92 Å². The molecular weight excluding hydrogens is 206 g/mol. The SMILES string of the molecule is COCC(C)(C(=O)O)N1CCCC(C)C1C. The Morgan fingerprint density at radius 1 is 1.56 bits per heavy atom. The molecule has 16 heavy (non-hydrogen) atoms. The smallest absolute Gasteiger partial charge is 0.326 e. The molecule has 1 N–H and O–H groups in total. The fourth-order valence-corrected chi connectivity index (χ4v) is 2.58. The monoisotopic (exact) mass is 229 g/mol. The largest absolute Gasteiger partial charge is 0.480 e. The molecule has 0 aromatic carbocycles. The van der Waals surface area contributed by atoms with Crippen molar-refractivity contribution in [1.82, 2.24) is 4.90 Å². The van der Waals surface area contributed by atoms with Crippen LogP contribution in [0.5, 0.6) is 0 Å². The number of rotatable bonds is 4. The molecule has 4 nitrogen and oxygen atoms in total. The predicted molar refractivity (Wildman–Crippen MR) is 62.5 cm³/mol. The van der Waals surface area contributed by atoms with Gasteiger partial charge in [0.2, 0.25) is 0 Å². The van der Waals surface area contributed by atoms with E-state index < -0.39 is 11.5 Å². The van der Waals surface area contributed by atoms with Gasteiger partial charge in [-0.15, -0.1) is 0 Å². The van der Waals surface area contributed by atoms with Crippen LogP contribution in [0.2, 0.25) is 0 Å². The molecule has 0 radical (unpaired) electrons. The first-order chi connectivity index (χ1) is 7.43. The van der Waals surface area contributed by atoms with Gasteiger partial charge in [0.15, 0.2) is 0 Å². The molecule has 4 heteroatoms. The Balaban J connectivity index is 2.89. The van der Waals surface area contributed by atoms with Crippen LogP contribution < -0.4 is 0 Å². The van der Waals surface area contributed by atoms with E-state index in [2.05, 4.69) is 18.7 Å². The second kappa shape index (κ2) is 5.15. The summed E-state index contributed by atoms with van der Waals surface area (Å²) >= 11 is 0. The minimum Gasteiger partial charge on any atom is -0.480 e. The molecule has 0 saturated carbocycles. The quantitative estimate of drug-likeness (QED) is 0.795. The highest BCUT2D eigenvalue weighted by Crippen LogP contribution is 2.30. The highest BCUT2D eigenvalue weighted by molar-refractivity contribution is 5.78. The summed E-state index contributed by atoms with van der Waals surface area (Å²) in [5.41, 5.74) is -0.900. The number of carboxylic acids is 1. The first-order valence-corrected chi connectivity index (χ1v) is 5.92. The highest BCUT2D eigenvalue weighted by Gasteiger charge is 2.44. The molecule has 1 fully saturated rings. The lowest BCUT2D eigenvalue weighted by atomic mass is 9.87. The number of carboxylic acid groups (broad SMARTS) is 1. The summed E-state index contributed by atoms with van der Waals surface area (Å²) < 4.78 is 5.08. The van der Waals surface area contributed by atoms with Crippen molar-refractivity contribution in [2.45, 2.75) is 45.2 Å². The van der Waals surface area contributed by atoms with Crippen molar-refractivity contribution < 1.29 is 14.6 Å². The zero-order valence-corrected chi connectivity index (χ0v) is 10.7. The van der Waals surface area contributed by atoms with Crippen molar-refractivity contribution >= 4 is 5.97 Å². The lowest BCUT2D eigenvalue weighted by Gasteiger charge is -2.46. The zero-order chi connectivity index (χ0) is 12.3. The van der Waals surface area contributed by atoms with E-state index >= 15 is 0 Å². The van der Waals surface area contributed by atoms with Crippen LogP contribution in [-0.2, 0) is 9.53 Å². The molecule has 0 spiro atoms. The van der Waals surface area contributed by atoms with Gasteiger partial charge in [-0.3, -0.25) is 9.69 Å². The number of piperidine rings is 1. The van der Waals surface area contributed by atoms with E-state index in [9.17, 15) is 9.90 Å².